The first-order valence-corrected chi connectivity index (χ1v) is 8.69. The average Bonchev–Trinajstić information content (AvgIpc) is 2.68. The van der Waals surface area contributed by atoms with E-state index >= 15 is 0 Å². The molecular weight excluding hydrogens is 353 g/mol. The van der Waals surface area contributed by atoms with E-state index in [4.69, 9.17) is 4.74 Å². The summed E-state index contributed by atoms with van der Waals surface area (Å²) in [5.74, 6) is -0.670. The topological polar surface area (TPSA) is 75.0 Å². The molecule has 1 fully saturated rings. The maximum atomic E-state index is 13.3. The number of piperazine rings is 1. The first kappa shape index (κ1) is 18.9. The van der Waals surface area contributed by atoms with Crippen LogP contribution >= 0.6 is 0 Å². The number of halogens is 1. The van der Waals surface area contributed by atoms with E-state index in [0.717, 1.165) is 0 Å². The summed E-state index contributed by atoms with van der Waals surface area (Å²) in [6.45, 7) is 2.91. The third kappa shape index (κ3) is 4.46. The highest BCUT2D eigenvalue weighted by molar-refractivity contribution is 5.67. The number of hydrogen-bond donors (Lipinski definition) is 1. The van der Waals surface area contributed by atoms with Gasteiger partial charge in [-0.25, -0.2) is 9.18 Å². The van der Waals surface area contributed by atoms with Crippen molar-refractivity contribution in [3.63, 3.8) is 0 Å². The maximum absolute atomic E-state index is 13.3. The molecule has 0 unspecified atom stereocenters. The molecule has 1 aliphatic heterocycles. The summed E-state index contributed by atoms with van der Waals surface area (Å²) >= 11 is 0. The van der Waals surface area contributed by atoms with E-state index in [1.54, 1.807) is 29.3 Å². The minimum Gasteiger partial charge on any atom is -0.503 e. The number of ether oxygens (including phenoxy) is 1. The molecule has 8 heteroatoms. The quantitative estimate of drug-likeness (QED) is 0.879. The molecule has 1 aromatic carbocycles. The Kier molecular flexibility index (Phi) is 5.75. The van der Waals surface area contributed by atoms with Crippen molar-refractivity contribution in [2.24, 2.45) is 0 Å². The van der Waals surface area contributed by atoms with E-state index in [-0.39, 0.29) is 24.2 Å². The third-order valence-electron chi connectivity index (χ3n) is 4.66. The molecule has 0 aliphatic carbocycles. The Morgan fingerprint density at radius 1 is 1.19 bits per heavy atom. The van der Waals surface area contributed by atoms with Gasteiger partial charge in [0.2, 0.25) is 0 Å². The zero-order valence-electron chi connectivity index (χ0n) is 15.1. The lowest BCUT2D eigenvalue weighted by Gasteiger charge is -2.33. The number of rotatable bonds is 4. The lowest BCUT2D eigenvalue weighted by atomic mass is 10.2. The lowest BCUT2D eigenvalue weighted by molar-refractivity contribution is 0.0885. The van der Waals surface area contributed by atoms with Crippen molar-refractivity contribution in [3.8, 4) is 5.75 Å². The second-order valence-electron chi connectivity index (χ2n) is 6.49. The van der Waals surface area contributed by atoms with Gasteiger partial charge in [-0.15, -0.1) is 0 Å². The lowest BCUT2D eigenvalue weighted by Crippen LogP contribution is -2.48. The molecule has 1 aliphatic rings. The first-order valence-electron chi connectivity index (χ1n) is 8.69. The number of methoxy groups -OCH3 is 1. The van der Waals surface area contributed by atoms with Crippen LogP contribution in [0.25, 0.3) is 0 Å². The van der Waals surface area contributed by atoms with E-state index in [9.17, 15) is 19.1 Å². The van der Waals surface area contributed by atoms with E-state index in [1.165, 1.54) is 23.8 Å². The fraction of sp³-hybridized carbons (Fsp3) is 0.368. The molecule has 1 N–H and O–H groups in total. The summed E-state index contributed by atoms with van der Waals surface area (Å²) in [5.41, 5.74) is 0.662. The Balaban J connectivity index is 1.67. The Labute approximate surface area is 156 Å². The zero-order chi connectivity index (χ0) is 19.4. The smallest absolute Gasteiger partial charge is 0.409 e. The number of pyridine rings is 1. The number of aromatic hydroxyl groups is 1. The highest BCUT2D eigenvalue weighted by atomic mass is 19.1. The van der Waals surface area contributed by atoms with Crippen molar-refractivity contribution < 1.29 is 19.0 Å². The monoisotopic (exact) mass is 375 g/mol. The summed E-state index contributed by atoms with van der Waals surface area (Å²) in [4.78, 5) is 27.6. The van der Waals surface area contributed by atoms with Crippen molar-refractivity contribution in [1.82, 2.24) is 14.4 Å². The maximum Gasteiger partial charge on any atom is 0.409 e. The molecule has 1 aromatic heterocycles. The normalized spacial score (nSPS) is 15.0. The Bertz CT molecular complexity index is 875. The molecular formula is C19H22FN3O4. The van der Waals surface area contributed by atoms with Crippen LogP contribution in [0.2, 0.25) is 0 Å². The summed E-state index contributed by atoms with van der Waals surface area (Å²) in [6, 6.07) is 7.70. The number of carbonyl (C=O) groups excluding carboxylic acids is 1. The SMILES string of the molecule is COC(=O)N1CCN(Cc2ccn(Cc3cccc(F)c3)c(=O)c2O)CC1. The first-order chi connectivity index (χ1) is 13.0. The predicted molar refractivity (Wildman–Crippen MR) is 97.1 cm³/mol. The molecule has 144 valence electrons. The van der Waals surface area contributed by atoms with Gasteiger partial charge in [0.1, 0.15) is 5.82 Å². The average molecular weight is 375 g/mol. The fourth-order valence-corrected chi connectivity index (χ4v) is 3.14. The van der Waals surface area contributed by atoms with Crippen LogP contribution in [0, 0.1) is 5.82 Å². The summed E-state index contributed by atoms with van der Waals surface area (Å²) < 4.78 is 19.4. The Morgan fingerprint density at radius 3 is 2.59 bits per heavy atom. The standard InChI is InChI=1S/C19H22FN3O4/c1-27-19(26)22-9-7-21(8-10-22)13-15-5-6-23(18(25)17(15)24)12-14-3-2-4-16(20)11-14/h2-6,11,24H,7-10,12-13H2,1H3. The van der Waals surface area contributed by atoms with Gasteiger partial charge in [-0.2, -0.15) is 0 Å². The fourth-order valence-electron chi connectivity index (χ4n) is 3.14. The highest BCUT2D eigenvalue weighted by Crippen LogP contribution is 2.16. The van der Waals surface area contributed by atoms with Crippen LogP contribution < -0.4 is 5.56 Å². The molecule has 2 aromatic rings. The Hall–Kier alpha value is -2.87. The highest BCUT2D eigenvalue weighted by Gasteiger charge is 2.22. The van der Waals surface area contributed by atoms with E-state index in [0.29, 0.717) is 43.9 Å². The summed E-state index contributed by atoms with van der Waals surface area (Å²) in [5, 5.41) is 10.3. The molecule has 0 radical (unpaired) electrons. The Morgan fingerprint density at radius 2 is 1.93 bits per heavy atom. The number of aromatic nitrogens is 1. The van der Waals surface area contributed by atoms with Crippen LogP contribution in [0.1, 0.15) is 11.1 Å². The molecule has 1 amide bonds. The van der Waals surface area contributed by atoms with Crippen LogP contribution in [-0.4, -0.2) is 58.9 Å². The van der Waals surface area contributed by atoms with Gasteiger partial charge in [0.15, 0.2) is 5.75 Å². The molecule has 2 heterocycles. The number of carbonyl (C=O) groups is 1. The number of benzene rings is 1. The predicted octanol–water partition coefficient (Wildman–Crippen LogP) is 1.63. The van der Waals surface area contributed by atoms with E-state index in [2.05, 4.69) is 4.90 Å². The van der Waals surface area contributed by atoms with Crippen LogP contribution in [0.3, 0.4) is 0 Å². The van der Waals surface area contributed by atoms with Crippen molar-refractivity contribution in [2.75, 3.05) is 33.3 Å². The molecule has 27 heavy (non-hydrogen) atoms. The molecule has 0 spiro atoms. The number of nitrogens with zero attached hydrogens (tertiary/aromatic N) is 3. The molecule has 0 saturated carbocycles. The van der Waals surface area contributed by atoms with Crippen LogP contribution in [0.4, 0.5) is 9.18 Å². The van der Waals surface area contributed by atoms with Gasteiger partial charge >= 0.3 is 6.09 Å². The van der Waals surface area contributed by atoms with Crippen LogP contribution in [0.5, 0.6) is 5.75 Å². The van der Waals surface area contributed by atoms with Crippen LogP contribution in [0.15, 0.2) is 41.3 Å². The summed E-state index contributed by atoms with van der Waals surface area (Å²) in [6.07, 6.45) is 1.25. The molecule has 1 saturated heterocycles. The minimum atomic E-state index is -0.509. The second-order valence-corrected chi connectivity index (χ2v) is 6.49. The molecule has 3 rings (SSSR count). The van der Waals surface area contributed by atoms with Gasteiger partial charge in [-0.05, 0) is 23.8 Å². The third-order valence-corrected chi connectivity index (χ3v) is 4.66. The van der Waals surface area contributed by atoms with E-state index < -0.39 is 5.56 Å². The number of hydrogen-bond acceptors (Lipinski definition) is 5. The largest absolute Gasteiger partial charge is 0.503 e. The molecule has 0 atom stereocenters. The molecule has 0 bridgehead atoms. The van der Waals surface area contributed by atoms with Crippen molar-refractivity contribution >= 4 is 6.09 Å². The van der Waals surface area contributed by atoms with Gasteiger partial charge in [0.25, 0.3) is 5.56 Å². The number of amides is 1. The summed E-state index contributed by atoms with van der Waals surface area (Å²) in [7, 11) is 1.35. The van der Waals surface area contributed by atoms with Gasteiger partial charge in [0, 0.05) is 44.5 Å². The van der Waals surface area contributed by atoms with E-state index in [1.807, 2.05) is 0 Å². The van der Waals surface area contributed by atoms with Gasteiger partial charge in [-0.3, -0.25) is 9.69 Å². The van der Waals surface area contributed by atoms with Gasteiger partial charge < -0.3 is 19.3 Å². The van der Waals surface area contributed by atoms with Crippen molar-refractivity contribution in [3.05, 3.63) is 63.8 Å². The van der Waals surface area contributed by atoms with Gasteiger partial charge in [0.05, 0.1) is 13.7 Å². The molecule has 7 nitrogen and oxygen atoms in total. The minimum absolute atomic E-state index is 0.183. The van der Waals surface area contributed by atoms with Crippen LogP contribution in [-0.2, 0) is 17.8 Å². The van der Waals surface area contributed by atoms with Gasteiger partial charge in [-0.1, -0.05) is 12.1 Å². The van der Waals surface area contributed by atoms with Crippen molar-refractivity contribution in [2.45, 2.75) is 13.1 Å². The zero-order valence-corrected chi connectivity index (χ0v) is 15.1. The van der Waals surface area contributed by atoms with Crippen molar-refractivity contribution in [1.29, 1.82) is 0 Å². The second kappa shape index (κ2) is 8.22.